The molecule has 1 saturated heterocycles. The number of carbonyl (C=O) groups excluding carboxylic acids is 1. The first-order valence-corrected chi connectivity index (χ1v) is 9.02. The van der Waals surface area contributed by atoms with E-state index in [0.29, 0.717) is 12.2 Å². The Labute approximate surface area is 157 Å². The summed E-state index contributed by atoms with van der Waals surface area (Å²) >= 11 is 0. The van der Waals surface area contributed by atoms with Crippen molar-refractivity contribution in [2.45, 2.75) is 6.42 Å². The number of rotatable bonds is 5. The Hall–Kier alpha value is -2.84. The van der Waals surface area contributed by atoms with Crippen molar-refractivity contribution >= 4 is 22.5 Å². The van der Waals surface area contributed by atoms with E-state index < -0.39 is 0 Å². The lowest BCUT2D eigenvalue weighted by atomic mass is 10.1. The first kappa shape index (κ1) is 17.6. The number of ether oxygens (including phenoxy) is 1. The van der Waals surface area contributed by atoms with Crippen molar-refractivity contribution in [1.29, 1.82) is 0 Å². The molecule has 1 fully saturated rings. The third-order valence-electron chi connectivity index (χ3n) is 4.63. The second-order valence-electron chi connectivity index (χ2n) is 6.64. The van der Waals surface area contributed by atoms with Crippen LogP contribution in [0.25, 0.3) is 22.0 Å². The summed E-state index contributed by atoms with van der Waals surface area (Å²) in [4.78, 5) is 23.3. The summed E-state index contributed by atoms with van der Waals surface area (Å²) in [6.07, 6.45) is 7.66. The lowest BCUT2D eigenvalue weighted by Gasteiger charge is -2.26. The van der Waals surface area contributed by atoms with Gasteiger partial charge in [-0.25, -0.2) is 4.98 Å². The number of morpholine rings is 1. The van der Waals surface area contributed by atoms with Gasteiger partial charge in [-0.3, -0.25) is 19.4 Å². The van der Waals surface area contributed by atoms with Gasteiger partial charge in [0.1, 0.15) is 5.82 Å². The zero-order chi connectivity index (χ0) is 18.6. The summed E-state index contributed by atoms with van der Waals surface area (Å²) in [5.41, 5.74) is 1.79. The summed E-state index contributed by atoms with van der Waals surface area (Å²) in [6.45, 7) is 3.97. The lowest BCUT2D eigenvalue weighted by Crippen LogP contribution is -2.38. The molecule has 8 nitrogen and oxygen atoms in total. The van der Waals surface area contributed by atoms with Crippen LogP contribution in [0, 0.1) is 0 Å². The van der Waals surface area contributed by atoms with Gasteiger partial charge in [0.25, 0.3) is 0 Å². The zero-order valence-corrected chi connectivity index (χ0v) is 15.3. The number of fused-ring (bicyclic) bond motifs is 1. The van der Waals surface area contributed by atoms with Crippen molar-refractivity contribution in [2.24, 2.45) is 7.05 Å². The number of amides is 1. The monoisotopic (exact) mass is 366 g/mol. The fraction of sp³-hybridized carbons (Fsp3) is 0.368. The van der Waals surface area contributed by atoms with Gasteiger partial charge < -0.3 is 10.1 Å². The molecule has 1 aliphatic rings. The Kier molecular flexibility index (Phi) is 5.08. The van der Waals surface area contributed by atoms with Crippen LogP contribution in [-0.4, -0.2) is 63.4 Å². The fourth-order valence-corrected chi connectivity index (χ4v) is 3.11. The van der Waals surface area contributed by atoms with E-state index in [0.717, 1.165) is 54.9 Å². The molecule has 27 heavy (non-hydrogen) atoms. The van der Waals surface area contributed by atoms with E-state index in [4.69, 9.17) is 4.74 Å². The molecule has 4 heterocycles. The van der Waals surface area contributed by atoms with Gasteiger partial charge in [-0.1, -0.05) is 0 Å². The molecule has 0 saturated carbocycles. The number of hydrogen-bond donors (Lipinski definition) is 1. The Balaban J connectivity index is 1.44. The molecule has 0 bridgehead atoms. The minimum atomic E-state index is -0.0325. The van der Waals surface area contributed by atoms with E-state index in [1.54, 1.807) is 23.3 Å². The van der Waals surface area contributed by atoms with Crippen LogP contribution >= 0.6 is 0 Å². The maximum absolute atomic E-state index is 12.2. The highest BCUT2D eigenvalue weighted by Crippen LogP contribution is 2.22. The number of nitrogens with one attached hydrogen (secondary N) is 1. The highest BCUT2D eigenvalue weighted by atomic mass is 16.5. The second kappa shape index (κ2) is 7.81. The predicted molar refractivity (Wildman–Crippen MR) is 102 cm³/mol. The molecule has 0 aliphatic carbocycles. The van der Waals surface area contributed by atoms with Crippen LogP contribution < -0.4 is 5.32 Å². The summed E-state index contributed by atoms with van der Waals surface area (Å²) in [5.74, 6) is 0.521. The van der Waals surface area contributed by atoms with Crippen LogP contribution in [-0.2, 0) is 16.6 Å². The van der Waals surface area contributed by atoms with E-state index in [9.17, 15) is 4.79 Å². The number of pyridine rings is 2. The van der Waals surface area contributed by atoms with Gasteiger partial charge in [-0.2, -0.15) is 5.10 Å². The van der Waals surface area contributed by atoms with E-state index in [1.807, 2.05) is 25.4 Å². The number of anilines is 1. The van der Waals surface area contributed by atoms with Gasteiger partial charge in [0.15, 0.2) is 0 Å². The summed E-state index contributed by atoms with van der Waals surface area (Å²) in [5, 5.41) is 8.98. The highest BCUT2D eigenvalue weighted by molar-refractivity contribution is 5.93. The Bertz CT molecular complexity index is 948. The topological polar surface area (TPSA) is 85.2 Å². The molecule has 0 atom stereocenters. The number of carbonyl (C=O) groups is 1. The largest absolute Gasteiger partial charge is 0.379 e. The second-order valence-corrected chi connectivity index (χ2v) is 6.64. The normalized spacial score (nSPS) is 15.1. The van der Waals surface area contributed by atoms with Crippen LogP contribution in [0.3, 0.4) is 0 Å². The molecule has 0 radical (unpaired) electrons. The quantitative estimate of drug-likeness (QED) is 0.740. The van der Waals surface area contributed by atoms with Crippen molar-refractivity contribution in [3.05, 3.63) is 36.9 Å². The van der Waals surface area contributed by atoms with Crippen LogP contribution in [0.1, 0.15) is 6.42 Å². The first-order chi connectivity index (χ1) is 13.2. The van der Waals surface area contributed by atoms with Crippen LogP contribution in [0.15, 0.2) is 36.9 Å². The van der Waals surface area contributed by atoms with E-state index >= 15 is 0 Å². The third kappa shape index (κ3) is 4.29. The predicted octanol–water partition coefficient (Wildman–Crippen LogP) is 1.69. The number of aromatic nitrogens is 4. The number of hydrogen-bond acceptors (Lipinski definition) is 6. The molecule has 1 N–H and O–H groups in total. The van der Waals surface area contributed by atoms with Crippen LogP contribution in [0.5, 0.6) is 0 Å². The average molecular weight is 366 g/mol. The van der Waals surface area contributed by atoms with Gasteiger partial charge in [-0.15, -0.1) is 0 Å². The molecule has 0 spiro atoms. The molecule has 0 aromatic carbocycles. The highest BCUT2D eigenvalue weighted by Gasteiger charge is 2.12. The molecule has 8 heteroatoms. The van der Waals surface area contributed by atoms with Gasteiger partial charge in [0.05, 0.1) is 25.1 Å². The molecule has 140 valence electrons. The molecular weight excluding hydrogens is 344 g/mol. The van der Waals surface area contributed by atoms with Crippen LogP contribution in [0.2, 0.25) is 0 Å². The Morgan fingerprint density at radius 2 is 1.96 bits per heavy atom. The average Bonchev–Trinajstić information content (AvgIpc) is 3.13. The van der Waals surface area contributed by atoms with Gasteiger partial charge >= 0.3 is 0 Å². The minimum absolute atomic E-state index is 0.0325. The molecule has 1 amide bonds. The van der Waals surface area contributed by atoms with E-state index in [-0.39, 0.29) is 5.91 Å². The van der Waals surface area contributed by atoms with Gasteiger partial charge in [-0.05, 0) is 17.5 Å². The van der Waals surface area contributed by atoms with Crippen LogP contribution in [0.4, 0.5) is 5.82 Å². The Morgan fingerprint density at radius 3 is 2.74 bits per heavy atom. The fourth-order valence-electron chi connectivity index (χ4n) is 3.11. The SMILES string of the molecule is Cn1cc(-c2cc3cc(NC(=O)CCN4CCOCC4)ncc3cn2)cn1. The summed E-state index contributed by atoms with van der Waals surface area (Å²) in [6, 6.07) is 3.86. The summed E-state index contributed by atoms with van der Waals surface area (Å²) in [7, 11) is 1.87. The molecule has 4 rings (SSSR count). The molecule has 3 aromatic rings. The Morgan fingerprint density at radius 1 is 1.15 bits per heavy atom. The summed E-state index contributed by atoms with van der Waals surface area (Å²) < 4.78 is 7.07. The minimum Gasteiger partial charge on any atom is -0.379 e. The number of nitrogens with zero attached hydrogens (tertiary/aromatic N) is 5. The van der Waals surface area contributed by atoms with Gasteiger partial charge in [0, 0.05) is 62.6 Å². The maximum atomic E-state index is 12.2. The molecule has 1 aliphatic heterocycles. The third-order valence-corrected chi connectivity index (χ3v) is 4.63. The number of aryl methyl sites for hydroxylation is 1. The lowest BCUT2D eigenvalue weighted by molar-refractivity contribution is -0.116. The zero-order valence-electron chi connectivity index (χ0n) is 15.3. The van der Waals surface area contributed by atoms with Crippen molar-refractivity contribution in [1.82, 2.24) is 24.6 Å². The van der Waals surface area contributed by atoms with Crippen molar-refractivity contribution < 1.29 is 9.53 Å². The molecule has 3 aromatic heterocycles. The van der Waals surface area contributed by atoms with E-state index in [1.165, 1.54) is 0 Å². The smallest absolute Gasteiger partial charge is 0.226 e. The van der Waals surface area contributed by atoms with Crippen molar-refractivity contribution in [3.8, 4) is 11.3 Å². The standard InChI is InChI=1S/C19H22N6O2/c1-24-13-16(12-22-24)17-8-14-9-18(21-11-15(14)10-20-17)23-19(26)2-3-25-4-6-27-7-5-25/h8-13H,2-7H2,1H3,(H,21,23,26). The van der Waals surface area contributed by atoms with Gasteiger partial charge in [0.2, 0.25) is 5.91 Å². The van der Waals surface area contributed by atoms with E-state index in [2.05, 4.69) is 25.3 Å². The molecular formula is C19H22N6O2. The van der Waals surface area contributed by atoms with Crippen molar-refractivity contribution in [3.63, 3.8) is 0 Å². The molecule has 0 unspecified atom stereocenters. The van der Waals surface area contributed by atoms with Crippen molar-refractivity contribution in [2.75, 3.05) is 38.2 Å². The first-order valence-electron chi connectivity index (χ1n) is 9.02. The maximum Gasteiger partial charge on any atom is 0.226 e.